The van der Waals surface area contributed by atoms with Crippen LogP contribution in [0.3, 0.4) is 0 Å². The number of hydrogen-bond donors (Lipinski definition) is 0. The number of aromatic nitrogens is 1. The van der Waals surface area contributed by atoms with Crippen LogP contribution in [-0.2, 0) is 0 Å². The smallest absolute Gasteiger partial charge is 0.148 e. The maximum absolute atomic E-state index is 6.18. The molecule has 0 atom stereocenters. The molecule has 0 bridgehead atoms. The minimum Gasteiger partial charge on any atom is -0.490 e. The Labute approximate surface area is 127 Å². The van der Waals surface area contributed by atoms with Crippen molar-refractivity contribution < 1.29 is 4.74 Å². The number of ether oxygens (including phenoxy) is 1. The summed E-state index contributed by atoms with van der Waals surface area (Å²) < 4.78 is 5.75. The Morgan fingerprint density at radius 2 is 1.74 bits per heavy atom. The lowest BCUT2D eigenvalue weighted by atomic mass is 10.1. The molecular formula is C14H12Cl3NO. The third-order valence-corrected chi connectivity index (χ3v) is 3.35. The Hall–Kier alpha value is -0.960. The van der Waals surface area contributed by atoms with Gasteiger partial charge < -0.3 is 4.74 Å². The predicted octanol–water partition coefficient (Wildman–Crippen LogP) is 5.50. The highest BCUT2D eigenvalue weighted by atomic mass is 35.5. The van der Waals surface area contributed by atoms with Crippen LogP contribution in [0.4, 0.5) is 0 Å². The van der Waals surface area contributed by atoms with Crippen molar-refractivity contribution in [1.82, 2.24) is 4.98 Å². The quantitative estimate of drug-likeness (QED) is 0.698. The molecule has 1 aromatic heterocycles. The second-order valence-electron chi connectivity index (χ2n) is 4.25. The lowest BCUT2D eigenvalue weighted by molar-refractivity contribution is 0.243. The van der Waals surface area contributed by atoms with E-state index in [1.165, 1.54) is 0 Å². The molecule has 0 spiro atoms. The number of para-hydroxylation sites is 1. The Kier molecular flexibility index (Phi) is 4.56. The zero-order valence-corrected chi connectivity index (χ0v) is 12.7. The summed E-state index contributed by atoms with van der Waals surface area (Å²) in [6.45, 7) is 3.92. The van der Waals surface area contributed by atoms with E-state index in [1.54, 1.807) is 6.07 Å². The monoisotopic (exact) mass is 315 g/mol. The van der Waals surface area contributed by atoms with Crippen molar-refractivity contribution in [2.45, 2.75) is 20.0 Å². The molecular weight excluding hydrogens is 305 g/mol. The Morgan fingerprint density at radius 3 is 2.42 bits per heavy atom. The summed E-state index contributed by atoms with van der Waals surface area (Å²) in [4.78, 5) is 4.23. The van der Waals surface area contributed by atoms with Crippen LogP contribution < -0.4 is 4.74 Å². The van der Waals surface area contributed by atoms with Crippen LogP contribution in [0.5, 0.6) is 5.75 Å². The Morgan fingerprint density at radius 1 is 1.05 bits per heavy atom. The first-order chi connectivity index (χ1) is 8.99. The van der Waals surface area contributed by atoms with Crippen LogP contribution in [0.2, 0.25) is 15.2 Å². The van der Waals surface area contributed by atoms with E-state index in [4.69, 9.17) is 39.5 Å². The lowest BCUT2D eigenvalue weighted by Crippen LogP contribution is -2.06. The third kappa shape index (κ3) is 3.33. The molecule has 1 aromatic carbocycles. The van der Waals surface area contributed by atoms with Crippen molar-refractivity contribution >= 4 is 34.8 Å². The molecule has 0 unspecified atom stereocenters. The minimum absolute atomic E-state index is 0.0581. The number of rotatable bonds is 3. The molecule has 2 nitrogen and oxygen atoms in total. The van der Waals surface area contributed by atoms with Crippen LogP contribution >= 0.6 is 34.8 Å². The Balaban J connectivity index is 2.56. The molecule has 0 aliphatic heterocycles. The molecule has 1 heterocycles. The number of pyridine rings is 1. The average molecular weight is 317 g/mol. The maximum atomic E-state index is 6.18. The molecule has 0 amide bonds. The lowest BCUT2D eigenvalue weighted by Gasteiger charge is -2.14. The molecule has 0 radical (unpaired) electrons. The highest BCUT2D eigenvalue weighted by Crippen LogP contribution is 2.36. The summed E-state index contributed by atoms with van der Waals surface area (Å²) in [6.07, 6.45) is 0.0581. The van der Waals surface area contributed by atoms with Crippen molar-refractivity contribution in [2.24, 2.45) is 0 Å². The highest BCUT2D eigenvalue weighted by molar-refractivity contribution is 6.43. The standard InChI is InChI=1S/C14H12Cl3NO/c1-8(2)19-12-6-4-3-5-9(12)13-10(15)7-11(16)14(17)18-13/h3-8H,1-2H3. The summed E-state index contributed by atoms with van der Waals surface area (Å²) in [7, 11) is 0. The van der Waals surface area contributed by atoms with Gasteiger partial charge in [0.1, 0.15) is 10.9 Å². The Bertz CT molecular complexity index is 599. The first-order valence-electron chi connectivity index (χ1n) is 5.76. The fraction of sp³-hybridized carbons (Fsp3) is 0.214. The molecule has 100 valence electrons. The molecule has 0 aliphatic carbocycles. The van der Waals surface area contributed by atoms with Crippen molar-refractivity contribution in [1.29, 1.82) is 0 Å². The topological polar surface area (TPSA) is 22.1 Å². The van der Waals surface area contributed by atoms with E-state index in [9.17, 15) is 0 Å². The van der Waals surface area contributed by atoms with Gasteiger partial charge in [0.2, 0.25) is 0 Å². The van der Waals surface area contributed by atoms with Gasteiger partial charge in [-0.05, 0) is 32.0 Å². The first-order valence-corrected chi connectivity index (χ1v) is 6.90. The number of halogens is 3. The van der Waals surface area contributed by atoms with Crippen LogP contribution in [0.1, 0.15) is 13.8 Å². The van der Waals surface area contributed by atoms with E-state index in [0.717, 1.165) is 5.56 Å². The second-order valence-corrected chi connectivity index (χ2v) is 5.43. The van der Waals surface area contributed by atoms with Crippen molar-refractivity contribution in [3.05, 3.63) is 45.5 Å². The van der Waals surface area contributed by atoms with Gasteiger partial charge >= 0.3 is 0 Å². The third-order valence-electron chi connectivity index (χ3n) is 2.39. The van der Waals surface area contributed by atoms with E-state index in [-0.39, 0.29) is 11.3 Å². The summed E-state index contributed by atoms with van der Waals surface area (Å²) in [5.41, 5.74) is 1.35. The number of nitrogens with zero attached hydrogens (tertiary/aromatic N) is 1. The highest BCUT2D eigenvalue weighted by Gasteiger charge is 2.14. The summed E-state index contributed by atoms with van der Waals surface area (Å²) >= 11 is 18.0. The molecule has 2 rings (SSSR count). The van der Waals surface area contributed by atoms with Crippen molar-refractivity contribution in [3.8, 4) is 17.0 Å². The number of benzene rings is 1. The number of hydrogen-bond acceptors (Lipinski definition) is 2. The van der Waals surface area contributed by atoms with Crippen molar-refractivity contribution in [3.63, 3.8) is 0 Å². The molecule has 0 N–H and O–H groups in total. The molecule has 0 aliphatic rings. The van der Waals surface area contributed by atoms with Gasteiger partial charge in [0.25, 0.3) is 0 Å². The minimum atomic E-state index is 0.0581. The van der Waals surface area contributed by atoms with E-state index >= 15 is 0 Å². The van der Waals surface area contributed by atoms with Gasteiger partial charge in [0, 0.05) is 5.56 Å². The van der Waals surface area contributed by atoms with Crippen LogP contribution in [0.25, 0.3) is 11.3 Å². The zero-order valence-electron chi connectivity index (χ0n) is 10.5. The second kappa shape index (κ2) is 6.00. The van der Waals surface area contributed by atoms with Crippen LogP contribution in [0.15, 0.2) is 30.3 Å². The average Bonchev–Trinajstić information content (AvgIpc) is 2.34. The first kappa shape index (κ1) is 14.4. The summed E-state index contributed by atoms with van der Waals surface area (Å²) in [6, 6.07) is 9.13. The van der Waals surface area contributed by atoms with Crippen LogP contribution in [0, 0.1) is 0 Å². The maximum Gasteiger partial charge on any atom is 0.148 e. The van der Waals surface area contributed by atoms with Gasteiger partial charge in [0.05, 0.1) is 21.8 Å². The summed E-state index contributed by atoms with van der Waals surface area (Å²) in [5.74, 6) is 0.713. The SMILES string of the molecule is CC(C)Oc1ccccc1-c1nc(Cl)c(Cl)cc1Cl. The van der Waals surface area contributed by atoms with Gasteiger partial charge in [0.15, 0.2) is 0 Å². The van der Waals surface area contributed by atoms with Gasteiger partial charge in [-0.3, -0.25) is 0 Å². The molecule has 0 saturated heterocycles. The van der Waals surface area contributed by atoms with Crippen molar-refractivity contribution in [2.75, 3.05) is 0 Å². The van der Waals surface area contributed by atoms with E-state index < -0.39 is 0 Å². The normalized spacial score (nSPS) is 10.8. The van der Waals surface area contributed by atoms with Crippen LogP contribution in [-0.4, -0.2) is 11.1 Å². The van der Waals surface area contributed by atoms with E-state index in [1.807, 2.05) is 38.1 Å². The van der Waals surface area contributed by atoms with Gasteiger partial charge in [-0.15, -0.1) is 0 Å². The molecule has 19 heavy (non-hydrogen) atoms. The largest absolute Gasteiger partial charge is 0.490 e. The van der Waals surface area contributed by atoms with E-state index in [0.29, 0.717) is 21.5 Å². The zero-order chi connectivity index (χ0) is 14.0. The predicted molar refractivity (Wildman–Crippen MR) is 80.5 cm³/mol. The van der Waals surface area contributed by atoms with Gasteiger partial charge in [-0.25, -0.2) is 4.98 Å². The molecule has 0 fully saturated rings. The fourth-order valence-corrected chi connectivity index (χ4v) is 2.25. The summed E-state index contributed by atoms with van der Waals surface area (Å²) in [5, 5.41) is 0.993. The van der Waals surface area contributed by atoms with Gasteiger partial charge in [-0.2, -0.15) is 0 Å². The fourth-order valence-electron chi connectivity index (χ4n) is 1.65. The molecule has 0 saturated carbocycles. The molecule has 2 aromatic rings. The van der Waals surface area contributed by atoms with Gasteiger partial charge in [-0.1, -0.05) is 46.9 Å². The van der Waals surface area contributed by atoms with E-state index in [2.05, 4.69) is 4.98 Å². The molecule has 5 heteroatoms.